The van der Waals surface area contributed by atoms with Crippen molar-refractivity contribution in [3.63, 3.8) is 0 Å². The summed E-state index contributed by atoms with van der Waals surface area (Å²) in [5, 5.41) is 7.29. The van der Waals surface area contributed by atoms with Gasteiger partial charge in [0.15, 0.2) is 5.16 Å². The summed E-state index contributed by atoms with van der Waals surface area (Å²) in [6.45, 7) is 7.11. The molecule has 14 heavy (non-hydrogen) atoms. The summed E-state index contributed by atoms with van der Waals surface area (Å²) in [6, 6.07) is 0. The second-order valence-electron chi connectivity index (χ2n) is 3.67. The predicted octanol–water partition coefficient (Wildman–Crippen LogP) is 1.73. The van der Waals surface area contributed by atoms with Crippen LogP contribution in [0.4, 0.5) is 0 Å². The molecule has 0 aliphatic heterocycles. The molecule has 0 spiro atoms. The monoisotopic (exact) mass is 215 g/mol. The zero-order chi connectivity index (χ0) is 10.6. The van der Waals surface area contributed by atoms with Gasteiger partial charge < -0.3 is 0 Å². The number of nitrogens with zero attached hydrogens (tertiary/aromatic N) is 2. The van der Waals surface area contributed by atoms with Crippen molar-refractivity contribution in [1.82, 2.24) is 14.8 Å². The molecule has 0 amide bonds. The van der Waals surface area contributed by atoms with Crippen molar-refractivity contribution in [2.75, 3.05) is 5.75 Å². The van der Waals surface area contributed by atoms with Crippen molar-refractivity contribution in [2.24, 2.45) is 5.92 Å². The summed E-state index contributed by atoms with van der Waals surface area (Å²) in [7, 11) is 0. The Morgan fingerprint density at radius 2 is 2.29 bits per heavy atom. The van der Waals surface area contributed by atoms with E-state index in [1.165, 1.54) is 0 Å². The highest BCUT2D eigenvalue weighted by Gasteiger charge is 2.08. The molecule has 0 fully saturated rings. The largest absolute Gasteiger partial charge is 0.343 e. The molecule has 1 rings (SSSR count). The molecule has 0 bridgehead atoms. The molecule has 0 aliphatic carbocycles. The Labute approximate surface area is 88.1 Å². The fourth-order valence-electron chi connectivity index (χ4n) is 1.08. The van der Waals surface area contributed by atoms with E-state index < -0.39 is 0 Å². The van der Waals surface area contributed by atoms with Crippen LogP contribution in [0.3, 0.4) is 0 Å². The van der Waals surface area contributed by atoms with Gasteiger partial charge in [-0.25, -0.2) is 9.89 Å². The van der Waals surface area contributed by atoms with Crippen molar-refractivity contribution in [3.8, 4) is 0 Å². The first-order chi connectivity index (χ1) is 6.65. The maximum Gasteiger partial charge on any atom is 0.343 e. The Bertz CT molecular complexity index is 329. The molecule has 4 nitrogen and oxygen atoms in total. The summed E-state index contributed by atoms with van der Waals surface area (Å²) < 4.78 is 1.70. The van der Waals surface area contributed by atoms with Crippen LogP contribution in [-0.4, -0.2) is 20.5 Å². The topological polar surface area (TPSA) is 50.7 Å². The Kier molecular flexibility index (Phi) is 4.25. The number of aromatic amines is 1. The van der Waals surface area contributed by atoms with Crippen LogP contribution in [0.2, 0.25) is 0 Å². The van der Waals surface area contributed by atoms with Gasteiger partial charge in [0.25, 0.3) is 0 Å². The third kappa shape index (κ3) is 2.90. The Morgan fingerprint density at radius 1 is 1.57 bits per heavy atom. The SMILES string of the molecule is CCCn1c(SCC(C)C)n[nH]c1=O. The first-order valence-corrected chi connectivity index (χ1v) is 5.91. The van der Waals surface area contributed by atoms with Crippen molar-refractivity contribution >= 4 is 11.8 Å². The van der Waals surface area contributed by atoms with E-state index >= 15 is 0 Å². The maximum atomic E-state index is 11.3. The molecule has 0 radical (unpaired) electrons. The number of rotatable bonds is 5. The molecule has 0 unspecified atom stereocenters. The van der Waals surface area contributed by atoms with E-state index in [1.807, 2.05) is 0 Å². The van der Waals surface area contributed by atoms with Crippen molar-refractivity contribution < 1.29 is 0 Å². The molecule has 1 N–H and O–H groups in total. The molecule has 1 aromatic rings. The summed E-state index contributed by atoms with van der Waals surface area (Å²) in [4.78, 5) is 11.3. The van der Waals surface area contributed by atoms with Crippen LogP contribution in [0.25, 0.3) is 0 Å². The molecule has 80 valence electrons. The Morgan fingerprint density at radius 3 is 2.86 bits per heavy atom. The zero-order valence-electron chi connectivity index (χ0n) is 8.91. The van der Waals surface area contributed by atoms with Crippen LogP contribution >= 0.6 is 11.8 Å². The average molecular weight is 215 g/mol. The summed E-state index contributed by atoms with van der Waals surface area (Å²) >= 11 is 1.64. The molecule has 0 aromatic carbocycles. The lowest BCUT2D eigenvalue weighted by atomic mass is 10.3. The van der Waals surface area contributed by atoms with Gasteiger partial charge in [-0.05, 0) is 12.3 Å². The van der Waals surface area contributed by atoms with Crippen molar-refractivity contribution in [3.05, 3.63) is 10.5 Å². The molecule has 0 aliphatic rings. The maximum absolute atomic E-state index is 11.3. The molecule has 1 aromatic heterocycles. The summed E-state index contributed by atoms with van der Waals surface area (Å²) in [5.74, 6) is 1.61. The first kappa shape index (κ1) is 11.4. The van der Waals surface area contributed by atoms with E-state index in [0.717, 1.165) is 23.9 Å². The Balaban J connectivity index is 2.70. The smallest absolute Gasteiger partial charge is 0.270 e. The van der Waals surface area contributed by atoms with Crippen LogP contribution in [0.1, 0.15) is 27.2 Å². The third-order valence-corrected chi connectivity index (χ3v) is 3.12. The van der Waals surface area contributed by atoms with Gasteiger partial charge in [-0.1, -0.05) is 32.5 Å². The quantitative estimate of drug-likeness (QED) is 0.761. The first-order valence-electron chi connectivity index (χ1n) is 4.93. The highest BCUT2D eigenvalue weighted by atomic mass is 32.2. The van der Waals surface area contributed by atoms with E-state index in [9.17, 15) is 4.79 Å². The van der Waals surface area contributed by atoms with E-state index in [2.05, 4.69) is 31.0 Å². The fourth-order valence-corrected chi connectivity index (χ4v) is 2.00. The van der Waals surface area contributed by atoms with Gasteiger partial charge in [-0.15, -0.1) is 5.10 Å². The fraction of sp³-hybridized carbons (Fsp3) is 0.778. The minimum absolute atomic E-state index is 0.0990. The normalized spacial score (nSPS) is 11.1. The lowest BCUT2D eigenvalue weighted by molar-refractivity contribution is 0.602. The van der Waals surface area contributed by atoms with Crippen LogP contribution in [0, 0.1) is 5.92 Å². The van der Waals surface area contributed by atoms with Gasteiger partial charge in [0, 0.05) is 12.3 Å². The van der Waals surface area contributed by atoms with Crippen LogP contribution in [0.5, 0.6) is 0 Å². The van der Waals surface area contributed by atoms with E-state index in [-0.39, 0.29) is 5.69 Å². The average Bonchev–Trinajstić information content (AvgIpc) is 2.46. The second-order valence-corrected chi connectivity index (χ2v) is 4.65. The number of hydrogen-bond donors (Lipinski definition) is 1. The van der Waals surface area contributed by atoms with Gasteiger partial charge in [0.05, 0.1) is 0 Å². The second kappa shape index (κ2) is 5.24. The third-order valence-electron chi connectivity index (χ3n) is 1.72. The van der Waals surface area contributed by atoms with E-state index in [4.69, 9.17) is 0 Å². The minimum Gasteiger partial charge on any atom is -0.270 e. The van der Waals surface area contributed by atoms with Gasteiger partial charge in [-0.3, -0.25) is 4.57 Å². The summed E-state index contributed by atoms with van der Waals surface area (Å²) in [5.41, 5.74) is -0.0990. The van der Waals surface area contributed by atoms with E-state index in [1.54, 1.807) is 16.3 Å². The minimum atomic E-state index is -0.0990. The summed E-state index contributed by atoms with van der Waals surface area (Å²) in [6.07, 6.45) is 0.953. The molecule has 1 heterocycles. The lowest BCUT2D eigenvalue weighted by Crippen LogP contribution is -2.17. The van der Waals surface area contributed by atoms with Crippen LogP contribution < -0.4 is 5.69 Å². The molecule has 5 heteroatoms. The standard InChI is InChI=1S/C9H17N3OS/c1-4-5-12-8(13)10-11-9(12)14-6-7(2)3/h7H,4-6H2,1-3H3,(H,10,13). The van der Waals surface area contributed by atoms with Crippen LogP contribution in [0.15, 0.2) is 9.95 Å². The highest BCUT2D eigenvalue weighted by Crippen LogP contribution is 2.16. The van der Waals surface area contributed by atoms with Gasteiger partial charge in [0.2, 0.25) is 0 Å². The number of nitrogens with one attached hydrogen (secondary N) is 1. The van der Waals surface area contributed by atoms with Gasteiger partial charge in [-0.2, -0.15) is 0 Å². The molecule has 0 atom stereocenters. The molecule has 0 saturated heterocycles. The van der Waals surface area contributed by atoms with Gasteiger partial charge >= 0.3 is 5.69 Å². The zero-order valence-corrected chi connectivity index (χ0v) is 9.73. The number of hydrogen-bond acceptors (Lipinski definition) is 3. The van der Waals surface area contributed by atoms with Crippen molar-refractivity contribution in [2.45, 2.75) is 38.9 Å². The molecular formula is C9H17N3OS. The Hall–Kier alpha value is -0.710. The lowest BCUT2D eigenvalue weighted by Gasteiger charge is -2.04. The molecule has 0 saturated carbocycles. The van der Waals surface area contributed by atoms with Gasteiger partial charge in [0.1, 0.15) is 0 Å². The highest BCUT2D eigenvalue weighted by molar-refractivity contribution is 7.99. The molecular weight excluding hydrogens is 198 g/mol. The number of H-pyrrole nitrogens is 1. The number of thioether (sulfide) groups is 1. The van der Waals surface area contributed by atoms with Crippen molar-refractivity contribution in [1.29, 1.82) is 0 Å². The van der Waals surface area contributed by atoms with E-state index in [0.29, 0.717) is 5.92 Å². The number of aromatic nitrogens is 3. The van der Waals surface area contributed by atoms with Crippen LogP contribution in [-0.2, 0) is 6.54 Å². The predicted molar refractivity (Wildman–Crippen MR) is 58.7 cm³/mol.